The number of aryl methyl sites for hydroxylation is 1. The smallest absolute Gasteiger partial charge is 0.224 e. The highest BCUT2D eigenvalue weighted by molar-refractivity contribution is 5.46. The second-order valence-corrected chi connectivity index (χ2v) is 3.85. The van der Waals surface area contributed by atoms with Crippen LogP contribution < -0.4 is 10.6 Å². The molecule has 0 radical (unpaired) electrons. The lowest BCUT2D eigenvalue weighted by Crippen LogP contribution is -2.14. The summed E-state index contributed by atoms with van der Waals surface area (Å²) < 4.78 is 1.77. The van der Waals surface area contributed by atoms with Gasteiger partial charge in [-0.15, -0.1) is 5.10 Å². The molecule has 0 bridgehead atoms. The lowest BCUT2D eigenvalue weighted by atomic mass is 10.3. The van der Waals surface area contributed by atoms with Crippen molar-refractivity contribution in [1.82, 2.24) is 25.0 Å². The zero-order valence-corrected chi connectivity index (χ0v) is 10.6. The summed E-state index contributed by atoms with van der Waals surface area (Å²) >= 11 is 0. The van der Waals surface area contributed by atoms with Crippen molar-refractivity contribution in [2.24, 2.45) is 0 Å². The maximum atomic E-state index is 4.40. The van der Waals surface area contributed by atoms with Crippen LogP contribution in [-0.4, -0.2) is 38.1 Å². The summed E-state index contributed by atoms with van der Waals surface area (Å²) in [6, 6.07) is 0. The standard InChI is InChI=1S/C11H17N7/c1-3-12-11-14-8-9(2)10(16-11)13-4-6-18-7-5-15-17-18/h5,7-8H,3-4,6H2,1-2H3,(H2,12,13,14,16). The van der Waals surface area contributed by atoms with Crippen molar-refractivity contribution >= 4 is 11.8 Å². The van der Waals surface area contributed by atoms with Crippen LogP contribution in [-0.2, 0) is 6.54 Å². The van der Waals surface area contributed by atoms with Crippen LogP contribution in [0.4, 0.5) is 11.8 Å². The van der Waals surface area contributed by atoms with Gasteiger partial charge in [0.15, 0.2) is 0 Å². The van der Waals surface area contributed by atoms with Crippen LogP contribution in [0.1, 0.15) is 12.5 Å². The molecule has 0 saturated heterocycles. The van der Waals surface area contributed by atoms with Crippen LogP contribution in [0, 0.1) is 6.92 Å². The van der Waals surface area contributed by atoms with Gasteiger partial charge in [0.05, 0.1) is 12.7 Å². The monoisotopic (exact) mass is 247 g/mol. The molecule has 0 spiro atoms. The molecular weight excluding hydrogens is 230 g/mol. The zero-order valence-electron chi connectivity index (χ0n) is 10.6. The Labute approximate surface area is 106 Å². The average Bonchev–Trinajstić information content (AvgIpc) is 2.86. The first-order valence-electron chi connectivity index (χ1n) is 5.95. The molecule has 0 aliphatic heterocycles. The van der Waals surface area contributed by atoms with Crippen molar-refractivity contribution in [3.63, 3.8) is 0 Å². The Morgan fingerprint density at radius 3 is 2.94 bits per heavy atom. The molecule has 2 heterocycles. The maximum absolute atomic E-state index is 4.40. The minimum atomic E-state index is 0.645. The summed E-state index contributed by atoms with van der Waals surface area (Å²) in [5, 5.41) is 14.0. The zero-order chi connectivity index (χ0) is 12.8. The maximum Gasteiger partial charge on any atom is 0.224 e. The Balaban J connectivity index is 1.93. The van der Waals surface area contributed by atoms with Crippen LogP contribution in [0.3, 0.4) is 0 Å². The van der Waals surface area contributed by atoms with Gasteiger partial charge in [0.2, 0.25) is 5.95 Å². The number of hydrogen-bond donors (Lipinski definition) is 2. The van der Waals surface area contributed by atoms with E-state index >= 15 is 0 Å². The molecule has 0 aliphatic rings. The predicted octanol–water partition coefficient (Wildman–Crippen LogP) is 0.920. The largest absolute Gasteiger partial charge is 0.368 e. The third-order valence-electron chi connectivity index (χ3n) is 2.41. The number of rotatable bonds is 6. The van der Waals surface area contributed by atoms with E-state index in [9.17, 15) is 0 Å². The molecule has 7 nitrogen and oxygen atoms in total. The van der Waals surface area contributed by atoms with E-state index in [1.807, 2.05) is 26.2 Å². The summed E-state index contributed by atoms with van der Waals surface area (Å²) in [6.45, 7) is 6.29. The topological polar surface area (TPSA) is 80.5 Å². The van der Waals surface area contributed by atoms with E-state index in [0.717, 1.165) is 31.0 Å². The highest BCUT2D eigenvalue weighted by atomic mass is 15.4. The first-order valence-corrected chi connectivity index (χ1v) is 5.95. The Hall–Kier alpha value is -2.18. The second kappa shape index (κ2) is 5.95. The van der Waals surface area contributed by atoms with Gasteiger partial charge in [-0.05, 0) is 13.8 Å². The summed E-state index contributed by atoms with van der Waals surface area (Å²) in [4.78, 5) is 8.60. The Kier molecular flexibility index (Phi) is 4.06. The second-order valence-electron chi connectivity index (χ2n) is 3.85. The van der Waals surface area contributed by atoms with E-state index in [1.165, 1.54) is 0 Å². The first-order chi connectivity index (χ1) is 8.79. The molecule has 0 fully saturated rings. The van der Waals surface area contributed by atoms with Crippen molar-refractivity contribution < 1.29 is 0 Å². The SMILES string of the molecule is CCNc1ncc(C)c(NCCn2ccnn2)n1. The number of nitrogens with zero attached hydrogens (tertiary/aromatic N) is 5. The lowest BCUT2D eigenvalue weighted by molar-refractivity contribution is 0.608. The summed E-state index contributed by atoms with van der Waals surface area (Å²) in [5.74, 6) is 1.49. The minimum Gasteiger partial charge on any atom is -0.368 e. The molecule has 0 aliphatic carbocycles. The number of aromatic nitrogens is 5. The number of nitrogens with one attached hydrogen (secondary N) is 2. The summed E-state index contributed by atoms with van der Waals surface area (Å²) in [5.41, 5.74) is 1.02. The highest BCUT2D eigenvalue weighted by Gasteiger charge is 2.02. The third kappa shape index (κ3) is 3.16. The average molecular weight is 247 g/mol. The van der Waals surface area contributed by atoms with E-state index in [0.29, 0.717) is 5.95 Å². The van der Waals surface area contributed by atoms with Crippen molar-refractivity contribution in [1.29, 1.82) is 0 Å². The van der Waals surface area contributed by atoms with Gasteiger partial charge >= 0.3 is 0 Å². The fraction of sp³-hybridized carbons (Fsp3) is 0.455. The normalized spacial score (nSPS) is 10.3. The molecule has 0 atom stereocenters. The van der Waals surface area contributed by atoms with E-state index in [4.69, 9.17) is 0 Å². The fourth-order valence-electron chi connectivity index (χ4n) is 1.51. The molecule has 96 valence electrons. The predicted molar refractivity (Wildman–Crippen MR) is 69.4 cm³/mol. The first kappa shape index (κ1) is 12.3. The molecule has 2 aromatic heterocycles. The van der Waals surface area contributed by atoms with E-state index in [-0.39, 0.29) is 0 Å². The van der Waals surface area contributed by atoms with Crippen molar-refractivity contribution in [2.75, 3.05) is 23.7 Å². The summed E-state index contributed by atoms with van der Waals surface area (Å²) in [7, 11) is 0. The Morgan fingerprint density at radius 2 is 2.22 bits per heavy atom. The quantitative estimate of drug-likeness (QED) is 0.790. The molecule has 0 aromatic carbocycles. The van der Waals surface area contributed by atoms with Crippen LogP contribution in [0.2, 0.25) is 0 Å². The van der Waals surface area contributed by atoms with Crippen LogP contribution >= 0.6 is 0 Å². The molecule has 0 amide bonds. The van der Waals surface area contributed by atoms with Gasteiger partial charge in [-0.25, -0.2) is 4.98 Å². The molecule has 2 rings (SSSR count). The van der Waals surface area contributed by atoms with Gasteiger partial charge in [0.25, 0.3) is 0 Å². The molecule has 0 saturated carbocycles. The third-order valence-corrected chi connectivity index (χ3v) is 2.41. The van der Waals surface area contributed by atoms with Crippen molar-refractivity contribution in [3.8, 4) is 0 Å². The van der Waals surface area contributed by atoms with Gasteiger partial charge in [-0.2, -0.15) is 4.98 Å². The van der Waals surface area contributed by atoms with E-state index < -0.39 is 0 Å². The molecule has 2 aromatic rings. The van der Waals surface area contributed by atoms with Crippen LogP contribution in [0.25, 0.3) is 0 Å². The van der Waals surface area contributed by atoms with Crippen molar-refractivity contribution in [3.05, 3.63) is 24.2 Å². The van der Waals surface area contributed by atoms with E-state index in [1.54, 1.807) is 10.9 Å². The minimum absolute atomic E-state index is 0.645. The molecule has 2 N–H and O–H groups in total. The van der Waals surface area contributed by atoms with Gasteiger partial charge in [0.1, 0.15) is 5.82 Å². The van der Waals surface area contributed by atoms with Gasteiger partial charge in [-0.3, -0.25) is 4.68 Å². The van der Waals surface area contributed by atoms with E-state index in [2.05, 4.69) is 30.9 Å². The Bertz CT molecular complexity index is 480. The summed E-state index contributed by atoms with van der Waals surface area (Å²) in [6.07, 6.45) is 5.31. The lowest BCUT2D eigenvalue weighted by Gasteiger charge is -2.10. The molecule has 7 heteroatoms. The molecular formula is C11H17N7. The van der Waals surface area contributed by atoms with Gasteiger partial charge in [0, 0.05) is 31.0 Å². The Morgan fingerprint density at radius 1 is 1.33 bits per heavy atom. The van der Waals surface area contributed by atoms with Crippen LogP contribution in [0.5, 0.6) is 0 Å². The highest BCUT2D eigenvalue weighted by Crippen LogP contribution is 2.11. The van der Waals surface area contributed by atoms with Crippen molar-refractivity contribution in [2.45, 2.75) is 20.4 Å². The number of hydrogen-bond acceptors (Lipinski definition) is 6. The molecule has 18 heavy (non-hydrogen) atoms. The van der Waals surface area contributed by atoms with Gasteiger partial charge in [-0.1, -0.05) is 5.21 Å². The van der Waals surface area contributed by atoms with Crippen LogP contribution in [0.15, 0.2) is 18.6 Å². The number of anilines is 2. The van der Waals surface area contributed by atoms with Gasteiger partial charge < -0.3 is 10.6 Å². The molecule has 0 unspecified atom stereocenters. The fourth-order valence-corrected chi connectivity index (χ4v) is 1.51.